The molecule has 74 valence electrons. The van der Waals surface area contributed by atoms with E-state index in [2.05, 4.69) is 13.8 Å². The van der Waals surface area contributed by atoms with Gasteiger partial charge in [-0.3, -0.25) is 4.79 Å². The lowest BCUT2D eigenvalue weighted by Crippen LogP contribution is -2.62. The third kappa shape index (κ3) is 1.03. The Kier molecular flexibility index (Phi) is 1.71. The van der Waals surface area contributed by atoms with Crippen molar-refractivity contribution in [1.82, 2.24) is 0 Å². The summed E-state index contributed by atoms with van der Waals surface area (Å²) in [5.41, 5.74) is 6.24. The molecule has 3 aliphatic rings. The molecule has 3 nitrogen and oxygen atoms in total. The highest BCUT2D eigenvalue weighted by Gasteiger charge is 2.58. The Morgan fingerprint density at radius 1 is 1.46 bits per heavy atom. The van der Waals surface area contributed by atoms with Crippen molar-refractivity contribution in [3.05, 3.63) is 0 Å². The van der Waals surface area contributed by atoms with E-state index >= 15 is 0 Å². The summed E-state index contributed by atoms with van der Waals surface area (Å²) < 4.78 is 0. The zero-order valence-corrected chi connectivity index (χ0v) is 8.16. The maximum absolute atomic E-state index is 10.9. The van der Waals surface area contributed by atoms with E-state index in [1.165, 1.54) is 0 Å². The highest BCUT2D eigenvalue weighted by atomic mass is 16.4. The Labute approximate surface area is 78.3 Å². The standard InChI is InChI=1S/C10H17NO2/c1-10(2)5-3-6(9(12)13)8(11)7(10)4-5/h5-8H,3-4,11H2,1-2H3,(H,12,13)/t5-,6-,7+,8+/m1/s1. The Bertz CT molecular complexity index is 249. The molecule has 0 aliphatic heterocycles. The van der Waals surface area contributed by atoms with Gasteiger partial charge in [-0.25, -0.2) is 0 Å². The Hall–Kier alpha value is -0.570. The van der Waals surface area contributed by atoms with E-state index in [1.54, 1.807) is 0 Å². The maximum atomic E-state index is 10.9. The largest absolute Gasteiger partial charge is 0.481 e. The van der Waals surface area contributed by atoms with E-state index < -0.39 is 5.97 Å². The normalized spacial score (nSPS) is 46.7. The number of carboxylic acids is 1. The molecule has 4 atom stereocenters. The summed E-state index contributed by atoms with van der Waals surface area (Å²) in [6.07, 6.45) is 1.91. The molecular formula is C10H17NO2. The Balaban J connectivity index is 2.16. The summed E-state index contributed by atoms with van der Waals surface area (Å²) in [7, 11) is 0. The first-order valence-corrected chi connectivity index (χ1v) is 4.93. The summed E-state index contributed by atoms with van der Waals surface area (Å²) in [6.45, 7) is 4.42. The van der Waals surface area contributed by atoms with Gasteiger partial charge < -0.3 is 10.8 Å². The van der Waals surface area contributed by atoms with Crippen LogP contribution in [0.3, 0.4) is 0 Å². The van der Waals surface area contributed by atoms with Gasteiger partial charge in [-0.15, -0.1) is 0 Å². The first kappa shape index (κ1) is 9.00. The van der Waals surface area contributed by atoms with Gasteiger partial charge in [-0.1, -0.05) is 13.8 Å². The molecule has 0 amide bonds. The number of carbonyl (C=O) groups is 1. The molecule has 0 aromatic carbocycles. The molecule has 2 bridgehead atoms. The van der Waals surface area contributed by atoms with Crippen LogP contribution in [0.5, 0.6) is 0 Å². The Morgan fingerprint density at radius 3 is 2.46 bits per heavy atom. The summed E-state index contributed by atoms with van der Waals surface area (Å²) in [4.78, 5) is 10.9. The molecule has 3 rings (SSSR count). The van der Waals surface area contributed by atoms with E-state index in [0.29, 0.717) is 11.8 Å². The lowest BCUT2D eigenvalue weighted by Gasteiger charge is -2.60. The summed E-state index contributed by atoms with van der Waals surface area (Å²) >= 11 is 0. The molecule has 0 aromatic rings. The molecule has 0 spiro atoms. The van der Waals surface area contributed by atoms with Gasteiger partial charge in [0, 0.05) is 6.04 Å². The molecule has 3 aliphatic carbocycles. The van der Waals surface area contributed by atoms with Crippen LogP contribution in [0.25, 0.3) is 0 Å². The van der Waals surface area contributed by atoms with Gasteiger partial charge in [-0.05, 0) is 30.1 Å². The van der Waals surface area contributed by atoms with Gasteiger partial charge in [0.2, 0.25) is 0 Å². The second kappa shape index (κ2) is 2.47. The third-order valence-corrected chi connectivity index (χ3v) is 4.33. The van der Waals surface area contributed by atoms with E-state index in [9.17, 15) is 4.79 Å². The monoisotopic (exact) mass is 183 g/mol. The summed E-state index contributed by atoms with van der Waals surface area (Å²) in [6, 6.07) is -0.127. The molecule has 3 saturated carbocycles. The topological polar surface area (TPSA) is 63.3 Å². The van der Waals surface area contributed by atoms with Gasteiger partial charge >= 0.3 is 5.97 Å². The van der Waals surface area contributed by atoms with Crippen molar-refractivity contribution in [2.75, 3.05) is 0 Å². The van der Waals surface area contributed by atoms with Crippen LogP contribution in [0.15, 0.2) is 0 Å². The molecule has 3 N–H and O–H groups in total. The number of hydrogen-bond acceptors (Lipinski definition) is 2. The zero-order valence-electron chi connectivity index (χ0n) is 8.16. The minimum Gasteiger partial charge on any atom is -0.481 e. The first-order valence-electron chi connectivity index (χ1n) is 4.93. The molecule has 0 unspecified atom stereocenters. The molecule has 0 aromatic heterocycles. The van der Waals surface area contributed by atoms with Crippen LogP contribution in [-0.2, 0) is 4.79 Å². The van der Waals surface area contributed by atoms with Gasteiger partial charge in [0.15, 0.2) is 0 Å². The van der Waals surface area contributed by atoms with E-state index in [-0.39, 0.29) is 17.4 Å². The fraction of sp³-hybridized carbons (Fsp3) is 0.900. The number of carboxylic acid groups (broad SMARTS) is 1. The smallest absolute Gasteiger partial charge is 0.308 e. The van der Waals surface area contributed by atoms with Crippen molar-refractivity contribution in [3.63, 3.8) is 0 Å². The number of rotatable bonds is 1. The maximum Gasteiger partial charge on any atom is 0.308 e. The van der Waals surface area contributed by atoms with Crippen molar-refractivity contribution < 1.29 is 9.90 Å². The van der Waals surface area contributed by atoms with Crippen molar-refractivity contribution in [2.24, 2.45) is 28.9 Å². The van der Waals surface area contributed by atoms with E-state index in [4.69, 9.17) is 10.8 Å². The third-order valence-electron chi connectivity index (χ3n) is 4.33. The average Bonchev–Trinajstić information content (AvgIpc) is 2.02. The lowest BCUT2D eigenvalue weighted by molar-refractivity contribution is -0.159. The minimum absolute atomic E-state index is 0.127. The van der Waals surface area contributed by atoms with Gasteiger partial charge in [-0.2, -0.15) is 0 Å². The average molecular weight is 183 g/mol. The number of aliphatic carboxylic acids is 1. The highest BCUT2D eigenvalue weighted by molar-refractivity contribution is 5.71. The van der Waals surface area contributed by atoms with E-state index in [1.807, 2.05) is 0 Å². The molecule has 0 saturated heterocycles. The predicted octanol–water partition coefficient (Wildman–Crippen LogP) is 1.08. The predicted molar refractivity (Wildman–Crippen MR) is 49.1 cm³/mol. The fourth-order valence-electron chi connectivity index (χ4n) is 3.12. The number of hydrogen-bond donors (Lipinski definition) is 2. The van der Waals surface area contributed by atoms with Crippen molar-refractivity contribution in [3.8, 4) is 0 Å². The summed E-state index contributed by atoms with van der Waals surface area (Å²) in [5.74, 6) is 0.000208. The molecule has 13 heavy (non-hydrogen) atoms. The van der Waals surface area contributed by atoms with Crippen LogP contribution in [0.2, 0.25) is 0 Å². The summed E-state index contributed by atoms with van der Waals surface area (Å²) in [5, 5.41) is 8.94. The van der Waals surface area contributed by atoms with Crippen molar-refractivity contribution >= 4 is 5.97 Å². The molecule has 3 fully saturated rings. The number of fused-ring (bicyclic) bond motifs is 2. The molecular weight excluding hydrogens is 166 g/mol. The second-order valence-electron chi connectivity index (χ2n) is 5.12. The highest BCUT2D eigenvalue weighted by Crippen LogP contribution is 2.60. The quantitative estimate of drug-likeness (QED) is 0.639. The number of nitrogens with two attached hydrogens (primary N) is 1. The van der Waals surface area contributed by atoms with Crippen LogP contribution in [0.1, 0.15) is 26.7 Å². The van der Waals surface area contributed by atoms with Crippen LogP contribution in [-0.4, -0.2) is 17.1 Å². The fourth-order valence-corrected chi connectivity index (χ4v) is 3.12. The minimum atomic E-state index is -0.710. The lowest BCUT2D eigenvalue weighted by atomic mass is 9.45. The molecule has 0 radical (unpaired) electrons. The Morgan fingerprint density at radius 2 is 2.08 bits per heavy atom. The van der Waals surface area contributed by atoms with Crippen LogP contribution >= 0.6 is 0 Å². The van der Waals surface area contributed by atoms with Gasteiger partial charge in [0.25, 0.3) is 0 Å². The van der Waals surface area contributed by atoms with Crippen molar-refractivity contribution in [1.29, 1.82) is 0 Å². The van der Waals surface area contributed by atoms with Crippen molar-refractivity contribution in [2.45, 2.75) is 32.7 Å². The van der Waals surface area contributed by atoms with Gasteiger partial charge in [0.1, 0.15) is 0 Å². The first-order chi connectivity index (χ1) is 5.94. The van der Waals surface area contributed by atoms with Crippen LogP contribution in [0, 0.1) is 23.2 Å². The van der Waals surface area contributed by atoms with E-state index in [0.717, 1.165) is 12.8 Å². The SMILES string of the molecule is CC1(C)[C@@H]2C[C@@H](C(=O)O)[C@H](N)[C@@H]1C2. The molecule has 3 heteroatoms. The van der Waals surface area contributed by atoms with Crippen LogP contribution in [0.4, 0.5) is 0 Å². The van der Waals surface area contributed by atoms with Crippen LogP contribution < -0.4 is 5.73 Å². The molecule has 0 heterocycles. The zero-order chi connectivity index (χ0) is 9.80. The second-order valence-corrected chi connectivity index (χ2v) is 5.12. The van der Waals surface area contributed by atoms with Gasteiger partial charge in [0.05, 0.1) is 5.92 Å².